The second kappa shape index (κ2) is 10.0. The number of carbonyl (C=O) groups is 1. The highest BCUT2D eigenvalue weighted by Crippen LogP contribution is 2.27. The highest BCUT2D eigenvalue weighted by molar-refractivity contribution is 7.89. The van der Waals surface area contributed by atoms with E-state index in [9.17, 15) is 13.2 Å². The number of carbonyl (C=O) groups excluding carboxylic acids is 1. The lowest BCUT2D eigenvalue weighted by atomic mass is 10.2. The zero-order valence-electron chi connectivity index (χ0n) is 16.5. The molecule has 158 valence electrons. The molecular weight excluding hydrogens is 430 g/mol. The van der Waals surface area contributed by atoms with Crippen molar-refractivity contribution in [1.82, 2.24) is 14.6 Å². The fourth-order valence-corrected chi connectivity index (χ4v) is 6.15. The van der Waals surface area contributed by atoms with Crippen molar-refractivity contribution < 1.29 is 13.2 Å². The summed E-state index contributed by atoms with van der Waals surface area (Å²) in [6.45, 7) is 3.49. The van der Waals surface area contributed by atoms with Crippen molar-refractivity contribution in [3.8, 4) is 0 Å². The number of nitrogens with zero attached hydrogens (tertiary/aromatic N) is 2. The van der Waals surface area contributed by atoms with Crippen molar-refractivity contribution >= 4 is 38.9 Å². The molecule has 0 radical (unpaired) electrons. The maximum absolute atomic E-state index is 12.9. The maximum Gasteiger partial charge on any atom is 0.251 e. The number of amides is 1. The van der Waals surface area contributed by atoms with E-state index in [1.807, 2.05) is 12.3 Å². The number of hydrogen-bond donors (Lipinski definition) is 1. The quantitative estimate of drug-likeness (QED) is 0.609. The number of sulfonamides is 1. The van der Waals surface area contributed by atoms with Crippen molar-refractivity contribution in [2.45, 2.75) is 50.3 Å². The molecule has 6 nitrogen and oxygen atoms in total. The first-order chi connectivity index (χ1) is 13.9. The van der Waals surface area contributed by atoms with Crippen LogP contribution in [0.5, 0.6) is 0 Å². The van der Waals surface area contributed by atoms with Crippen LogP contribution in [-0.2, 0) is 16.4 Å². The first kappa shape index (κ1) is 22.2. The third-order valence-corrected chi connectivity index (χ3v) is 8.30. The molecule has 1 N–H and O–H groups in total. The predicted octanol–water partition coefficient (Wildman–Crippen LogP) is 4.03. The van der Waals surface area contributed by atoms with Crippen molar-refractivity contribution in [2.24, 2.45) is 0 Å². The highest BCUT2D eigenvalue weighted by Gasteiger charge is 2.28. The average Bonchev–Trinajstić information content (AvgIpc) is 3.13. The molecule has 29 heavy (non-hydrogen) atoms. The van der Waals surface area contributed by atoms with Crippen LogP contribution in [0.1, 0.15) is 53.2 Å². The van der Waals surface area contributed by atoms with Gasteiger partial charge in [-0.05, 0) is 57.2 Å². The number of nitrogens with one attached hydrogen (secondary N) is 1. The monoisotopic (exact) mass is 455 g/mol. The fraction of sp³-hybridized carbons (Fsp3) is 0.500. The molecule has 3 rings (SSSR count). The van der Waals surface area contributed by atoms with Crippen molar-refractivity contribution in [1.29, 1.82) is 0 Å². The maximum atomic E-state index is 12.9. The summed E-state index contributed by atoms with van der Waals surface area (Å²) in [5.41, 5.74) is 1.34. The molecule has 2 heterocycles. The number of rotatable bonds is 8. The van der Waals surface area contributed by atoms with Gasteiger partial charge in [0.05, 0.1) is 10.0 Å². The summed E-state index contributed by atoms with van der Waals surface area (Å²) in [6.07, 6.45) is 5.38. The molecule has 1 aliphatic heterocycles. The van der Waals surface area contributed by atoms with Gasteiger partial charge in [-0.1, -0.05) is 18.0 Å². The highest BCUT2D eigenvalue weighted by atomic mass is 35.5. The summed E-state index contributed by atoms with van der Waals surface area (Å²) < 4.78 is 27.3. The molecule has 0 saturated carbocycles. The number of halogens is 1. The molecular formula is C20H26ClN3O3S2. The molecule has 0 aliphatic carbocycles. The van der Waals surface area contributed by atoms with Crippen LogP contribution in [0.2, 0.25) is 5.02 Å². The van der Waals surface area contributed by atoms with Crippen LogP contribution in [0.3, 0.4) is 0 Å². The van der Waals surface area contributed by atoms with Crippen LogP contribution < -0.4 is 5.32 Å². The molecule has 1 fully saturated rings. The number of unbranched alkanes of at least 4 members (excludes halogenated alkanes) is 1. The first-order valence-corrected chi connectivity index (χ1v) is 12.6. The molecule has 1 aromatic heterocycles. The Morgan fingerprint density at radius 3 is 2.69 bits per heavy atom. The minimum Gasteiger partial charge on any atom is -0.352 e. The van der Waals surface area contributed by atoms with E-state index in [1.165, 1.54) is 16.4 Å². The minimum absolute atomic E-state index is 0.00727. The van der Waals surface area contributed by atoms with Gasteiger partial charge in [-0.3, -0.25) is 4.79 Å². The normalized spacial score (nSPS) is 15.4. The van der Waals surface area contributed by atoms with Crippen LogP contribution in [0.25, 0.3) is 0 Å². The van der Waals surface area contributed by atoms with Gasteiger partial charge in [0, 0.05) is 36.3 Å². The number of thiazole rings is 1. The van der Waals surface area contributed by atoms with Crippen LogP contribution in [-0.4, -0.2) is 43.2 Å². The Kier molecular flexibility index (Phi) is 7.67. The van der Waals surface area contributed by atoms with Gasteiger partial charge < -0.3 is 5.32 Å². The second-order valence-corrected chi connectivity index (χ2v) is 10.5. The summed E-state index contributed by atoms with van der Waals surface area (Å²) in [4.78, 5) is 16.9. The summed E-state index contributed by atoms with van der Waals surface area (Å²) in [5.74, 6) is -0.290. The van der Waals surface area contributed by atoms with Gasteiger partial charge in [0.1, 0.15) is 4.90 Å². The Morgan fingerprint density at radius 1 is 1.24 bits per heavy atom. The van der Waals surface area contributed by atoms with E-state index < -0.39 is 10.0 Å². The van der Waals surface area contributed by atoms with Gasteiger partial charge in [0.25, 0.3) is 5.91 Å². The Morgan fingerprint density at radius 2 is 2.00 bits per heavy atom. The number of benzene rings is 1. The van der Waals surface area contributed by atoms with Crippen molar-refractivity contribution in [3.05, 3.63) is 44.9 Å². The molecule has 1 aromatic carbocycles. The van der Waals surface area contributed by atoms with Crippen molar-refractivity contribution in [2.75, 3.05) is 19.6 Å². The topological polar surface area (TPSA) is 79.4 Å². The Balaban J connectivity index is 1.57. The smallest absolute Gasteiger partial charge is 0.251 e. The van der Waals surface area contributed by atoms with E-state index in [2.05, 4.69) is 10.3 Å². The van der Waals surface area contributed by atoms with Gasteiger partial charge in [0.2, 0.25) is 10.0 Å². The van der Waals surface area contributed by atoms with Gasteiger partial charge in [-0.25, -0.2) is 13.4 Å². The number of aryl methyl sites for hydroxylation is 2. The molecule has 0 unspecified atom stereocenters. The number of piperidine rings is 1. The molecule has 0 spiro atoms. The first-order valence-electron chi connectivity index (χ1n) is 9.87. The van der Waals surface area contributed by atoms with Crippen LogP contribution in [0.15, 0.2) is 28.5 Å². The third-order valence-electron chi connectivity index (χ3n) is 4.90. The van der Waals surface area contributed by atoms with E-state index in [1.54, 1.807) is 17.4 Å². The predicted molar refractivity (Wildman–Crippen MR) is 116 cm³/mol. The van der Waals surface area contributed by atoms with E-state index in [4.69, 9.17) is 11.6 Å². The fourth-order valence-electron chi connectivity index (χ4n) is 3.31. The summed E-state index contributed by atoms with van der Waals surface area (Å²) >= 11 is 7.82. The van der Waals surface area contributed by atoms with Crippen molar-refractivity contribution in [3.63, 3.8) is 0 Å². The van der Waals surface area contributed by atoms with Crippen LogP contribution >= 0.6 is 22.9 Å². The Bertz CT molecular complexity index is 954. The van der Waals surface area contributed by atoms with E-state index >= 15 is 0 Å². The van der Waals surface area contributed by atoms with Crippen LogP contribution in [0.4, 0.5) is 0 Å². The SMILES string of the molecule is Cc1csc(CCCCNC(=O)c2ccc(Cl)c(S(=O)(=O)N3CCCCC3)c2)n1. The zero-order chi connectivity index (χ0) is 20.9. The zero-order valence-corrected chi connectivity index (χ0v) is 18.9. The van der Waals surface area contributed by atoms with Crippen LogP contribution in [0, 0.1) is 6.92 Å². The lowest BCUT2D eigenvalue weighted by molar-refractivity contribution is 0.0953. The molecule has 0 atom stereocenters. The Hall–Kier alpha value is -1.48. The number of hydrogen-bond acceptors (Lipinski definition) is 5. The number of aromatic nitrogens is 1. The van der Waals surface area contributed by atoms with E-state index in [0.29, 0.717) is 25.2 Å². The van der Waals surface area contributed by atoms with Gasteiger partial charge in [-0.2, -0.15) is 4.31 Å². The lowest BCUT2D eigenvalue weighted by Gasteiger charge is -2.26. The molecule has 9 heteroatoms. The minimum atomic E-state index is -3.69. The third kappa shape index (κ3) is 5.78. The molecule has 2 aromatic rings. The molecule has 1 amide bonds. The molecule has 1 aliphatic rings. The lowest BCUT2D eigenvalue weighted by Crippen LogP contribution is -2.36. The molecule has 0 bridgehead atoms. The van der Waals surface area contributed by atoms with Gasteiger partial charge in [0.15, 0.2) is 0 Å². The van der Waals surface area contributed by atoms with Gasteiger partial charge >= 0.3 is 0 Å². The summed E-state index contributed by atoms with van der Waals surface area (Å²) in [7, 11) is -3.69. The van der Waals surface area contributed by atoms with E-state index in [-0.39, 0.29) is 15.8 Å². The summed E-state index contributed by atoms with van der Waals surface area (Å²) in [5, 5.41) is 6.15. The standard InChI is InChI=1S/C20H26ClN3O3S2/c1-15-14-28-19(23-15)7-3-4-10-22-20(25)16-8-9-17(21)18(13-16)29(26,27)24-11-5-2-6-12-24/h8-9,13-14H,2-7,10-12H2,1H3,(H,22,25). The molecule has 1 saturated heterocycles. The average molecular weight is 456 g/mol. The second-order valence-electron chi connectivity index (χ2n) is 7.21. The van der Waals surface area contributed by atoms with Gasteiger partial charge in [-0.15, -0.1) is 11.3 Å². The largest absolute Gasteiger partial charge is 0.352 e. The van der Waals surface area contributed by atoms with E-state index in [0.717, 1.165) is 49.2 Å². The Labute approximate surface area is 181 Å². The summed E-state index contributed by atoms with van der Waals surface area (Å²) in [6, 6.07) is 4.43.